The van der Waals surface area contributed by atoms with E-state index in [0.29, 0.717) is 25.6 Å². The van der Waals surface area contributed by atoms with Crippen LogP contribution in [0.4, 0.5) is 0 Å². The van der Waals surface area contributed by atoms with Crippen LogP contribution in [0.3, 0.4) is 0 Å². The van der Waals surface area contributed by atoms with Crippen molar-refractivity contribution in [3.63, 3.8) is 0 Å². The zero-order valence-electron chi connectivity index (χ0n) is 13.2. The molecule has 0 aliphatic heterocycles. The van der Waals surface area contributed by atoms with Crippen molar-refractivity contribution >= 4 is 5.91 Å². The van der Waals surface area contributed by atoms with E-state index >= 15 is 0 Å². The third-order valence-corrected chi connectivity index (χ3v) is 3.83. The summed E-state index contributed by atoms with van der Waals surface area (Å²) in [4.78, 5) is 14.1. The summed E-state index contributed by atoms with van der Waals surface area (Å²) in [6.45, 7) is 6.37. The quantitative estimate of drug-likeness (QED) is 0.713. The van der Waals surface area contributed by atoms with Gasteiger partial charge in [0.05, 0.1) is 6.61 Å². The van der Waals surface area contributed by atoms with E-state index in [1.165, 1.54) is 0 Å². The summed E-state index contributed by atoms with van der Waals surface area (Å²) >= 11 is 0. The van der Waals surface area contributed by atoms with Gasteiger partial charge in [-0.05, 0) is 25.8 Å². The molecular formula is C16H27N3O2. The minimum atomic E-state index is -1.14. The average molecular weight is 293 g/mol. The normalized spacial score (nSPS) is 14.4. The number of carbonyl (C=O) groups excluding carboxylic acids is 1. The van der Waals surface area contributed by atoms with Crippen molar-refractivity contribution in [1.82, 2.24) is 4.90 Å². The van der Waals surface area contributed by atoms with Crippen LogP contribution in [0.2, 0.25) is 0 Å². The molecule has 0 aliphatic carbocycles. The van der Waals surface area contributed by atoms with Gasteiger partial charge in [-0.15, -0.1) is 0 Å². The maximum atomic E-state index is 11.9. The standard InChI is InChI=1S/C16H27N3O2/c1-13(2)19(11-12-21-3)10-9-16(18,15(17)20)14-7-5-4-6-8-14/h4-8,13H,9-12,18H2,1-3H3,(H2,17,20). The fourth-order valence-electron chi connectivity index (χ4n) is 2.30. The molecule has 0 aliphatic rings. The van der Waals surface area contributed by atoms with Gasteiger partial charge in [-0.3, -0.25) is 9.69 Å². The fraction of sp³-hybridized carbons (Fsp3) is 0.562. The van der Waals surface area contributed by atoms with Gasteiger partial charge in [0.15, 0.2) is 0 Å². The van der Waals surface area contributed by atoms with E-state index in [9.17, 15) is 4.79 Å². The van der Waals surface area contributed by atoms with Gasteiger partial charge in [-0.2, -0.15) is 0 Å². The number of benzene rings is 1. The van der Waals surface area contributed by atoms with E-state index in [0.717, 1.165) is 12.1 Å². The van der Waals surface area contributed by atoms with Gasteiger partial charge in [-0.25, -0.2) is 0 Å². The number of rotatable bonds is 9. The lowest BCUT2D eigenvalue weighted by molar-refractivity contribution is -0.123. The van der Waals surface area contributed by atoms with E-state index in [4.69, 9.17) is 16.2 Å². The Balaban J connectivity index is 2.81. The Morgan fingerprint density at radius 2 is 1.90 bits per heavy atom. The van der Waals surface area contributed by atoms with Crippen molar-refractivity contribution in [3.05, 3.63) is 35.9 Å². The molecule has 1 aromatic carbocycles. The van der Waals surface area contributed by atoms with Gasteiger partial charge in [0.25, 0.3) is 0 Å². The Bertz CT molecular complexity index is 436. The van der Waals surface area contributed by atoms with Crippen molar-refractivity contribution < 1.29 is 9.53 Å². The number of nitrogens with two attached hydrogens (primary N) is 2. The first-order chi connectivity index (χ1) is 9.91. The lowest BCUT2D eigenvalue weighted by atomic mass is 9.86. The SMILES string of the molecule is COCCN(CCC(N)(C(N)=O)c1ccccc1)C(C)C. The van der Waals surface area contributed by atoms with Gasteiger partial charge in [0.1, 0.15) is 5.54 Å². The fourth-order valence-corrected chi connectivity index (χ4v) is 2.30. The smallest absolute Gasteiger partial charge is 0.242 e. The highest BCUT2D eigenvalue weighted by Crippen LogP contribution is 2.22. The summed E-state index contributed by atoms with van der Waals surface area (Å²) < 4.78 is 5.12. The monoisotopic (exact) mass is 293 g/mol. The molecule has 0 aromatic heterocycles. The molecule has 0 fully saturated rings. The van der Waals surface area contributed by atoms with Crippen molar-refractivity contribution in [2.75, 3.05) is 26.8 Å². The third-order valence-electron chi connectivity index (χ3n) is 3.83. The molecule has 1 aromatic rings. The Labute approximate surface area is 127 Å². The summed E-state index contributed by atoms with van der Waals surface area (Å²) in [7, 11) is 1.68. The molecule has 1 amide bonds. The Hall–Kier alpha value is -1.43. The molecule has 4 N–H and O–H groups in total. The minimum Gasteiger partial charge on any atom is -0.383 e. The van der Waals surface area contributed by atoms with E-state index in [1.807, 2.05) is 30.3 Å². The van der Waals surface area contributed by atoms with Crippen LogP contribution in [0.1, 0.15) is 25.8 Å². The van der Waals surface area contributed by atoms with E-state index in [2.05, 4.69) is 18.7 Å². The third kappa shape index (κ3) is 4.81. The summed E-state index contributed by atoms with van der Waals surface area (Å²) in [5.74, 6) is -0.496. The number of hydrogen-bond acceptors (Lipinski definition) is 4. The molecule has 0 spiro atoms. The number of ether oxygens (including phenoxy) is 1. The van der Waals surface area contributed by atoms with Crippen LogP contribution >= 0.6 is 0 Å². The summed E-state index contributed by atoms with van der Waals surface area (Å²) in [6.07, 6.45) is 0.480. The highest BCUT2D eigenvalue weighted by molar-refractivity contribution is 5.85. The van der Waals surface area contributed by atoms with Crippen molar-refractivity contribution in [2.24, 2.45) is 11.5 Å². The number of hydrogen-bond donors (Lipinski definition) is 2. The molecule has 118 valence electrons. The Kier molecular flexibility index (Phi) is 6.81. The maximum Gasteiger partial charge on any atom is 0.242 e. The van der Waals surface area contributed by atoms with Crippen LogP contribution in [0, 0.1) is 0 Å². The zero-order valence-corrected chi connectivity index (χ0v) is 13.2. The molecule has 0 radical (unpaired) electrons. The molecule has 1 atom stereocenters. The molecule has 5 nitrogen and oxygen atoms in total. The molecule has 5 heteroatoms. The Morgan fingerprint density at radius 3 is 2.38 bits per heavy atom. The molecule has 1 rings (SSSR count). The number of carbonyl (C=O) groups is 1. The van der Waals surface area contributed by atoms with Gasteiger partial charge in [0.2, 0.25) is 5.91 Å². The lowest BCUT2D eigenvalue weighted by Crippen LogP contribution is -2.51. The zero-order chi connectivity index (χ0) is 15.9. The summed E-state index contributed by atoms with van der Waals surface area (Å²) in [6, 6.07) is 9.67. The van der Waals surface area contributed by atoms with E-state index in [1.54, 1.807) is 7.11 Å². The second-order valence-corrected chi connectivity index (χ2v) is 5.57. The first-order valence-electron chi connectivity index (χ1n) is 7.29. The maximum absolute atomic E-state index is 11.9. The molecule has 0 bridgehead atoms. The Morgan fingerprint density at radius 1 is 1.29 bits per heavy atom. The van der Waals surface area contributed by atoms with Gasteiger partial charge in [-0.1, -0.05) is 30.3 Å². The topological polar surface area (TPSA) is 81.6 Å². The number of primary amides is 1. The van der Waals surface area contributed by atoms with Crippen LogP contribution in [0.5, 0.6) is 0 Å². The second kappa shape index (κ2) is 8.12. The van der Waals surface area contributed by atoms with Gasteiger partial charge < -0.3 is 16.2 Å². The number of amides is 1. The second-order valence-electron chi connectivity index (χ2n) is 5.57. The van der Waals surface area contributed by atoms with Crippen LogP contribution in [-0.4, -0.2) is 43.7 Å². The largest absolute Gasteiger partial charge is 0.383 e. The van der Waals surface area contributed by atoms with Crippen LogP contribution in [0.25, 0.3) is 0 Å². The molecule has 21 heavy (non-hydrogen) atoms. The van der Waals surface area contributed by atoms with Crippen LogP contribution < -0.4 is 11.5 Å². The van der Waals surface area contributed by atoms with Crippen molar-refractivity contribution in [3.8, 4) is 0 Å². The number of nitrogens with zero attached hydrogens (tertiary/aromatic N) is 1. The van der Waals surface area contributed by atoms with Crippen molar-refractivity contribution in [2.45, 2.75) is 31.8 Å². The molecule has 0 saturated carbocycles. The highest BCUT2D eigenvalue weighted by atomic mass is 16.5. The molecular weight excluding hydrogens is 266 g/mol. The summed E-state index contributed by atoms with van der Waals surface area (Å²) in [5.41, 5.74) is 11.5. The number of methoxy groups -OCH3 is 1. The highest BCUT2D eigenvalue weighted by Gasteiger charge is 2.34. The van der Waals surface area contributed by atoms with Crippen molar-refractivity contribution in [1.29, 1.82) is 0 Å². The van der Waals surface area contributed by atoms with Crippen LogP contribution in [0.15, 0.2) is 30.3 Å². The van der Waals surface area contributed by atoms with E-state index in [-0.39, 0.29) is 0 Å². The predicted octanol–water partition coefficient (Wildman–Crippen LogP) is 1.07. The first-order valence-corrected chi connectivity index (χ1v) is 7.29. The average Bonchev–Trinajstić information content (AvgIpc) is 2.47. The molecule has 1 unspecified atom stereocenters. The van der Waals surface area contributed by atoms with Gasteiger partial charge in [0, 0.05) is 26.2 Å². The minimum absolute atomic E-state index is 0.355. The molecule has 0 saturated heterocycles. The lowest BCUT2D eigenvalue weighted by Gasteiger charge is -2.32. The van der Waals surface area contributed by atoms with Crippen LogP contribution in [-0.2, 0) is 15.1 Å². The van der Waals surface area contributed by atoms with E-state index < -0.39 is 11.4 Å². The first kappa shape index (κ1) is 17.6. The molecule has 0 heterocycles. The summed E-state index contributed by atoms with van der Waals surface area (Å²) in [5, 5.41) is 0. The van der Waals surface area contributed by atoms with Gasteiger partial charge >= 0.3 is 0 Å². The predicted molar refractivity (Wildman–Crippen MR) is 84.7 cm³/mol.